The zero-order valence-electron chi connectivity index (χ0n) is 10.6. The highest BCUT2D eigenvalue weighted by molar-refractivity contribution is 7.90. The first-order valence-electron chi connectivity index (χ1n) is 5.72. The maximum atomic E-state index is 11.0. The highest BCUT2D eigenvalue weighted by Gasteiger charge is 2.06. The zero-order valence-corrected chi connectivity index (χ0v) is 12.1. The highest BCUT2D eigenvalue weighted by Crippen LogP contribution is 2.25. The summed E-state index contributed by atoms with van der Waals surface area (Å²) in [4.78, 5) is 0. The Bertz CT molecular complexity index is 488. The molecule has 0 spiro atoms. The van der Waals surface area contributed by atoms with E-state index in [9.17, 15) is 8.42 Å². The number of hydrogen-bond acceptors (Lipinski definition) is 4. The number of nitrogens with one attached hydrogen (secondary N) is 1. The van der Waals surface area contributed by atoms with E-state index in [4.69, 9.17) is 16.3 Å². The summed E-state index contributed by atoms with van der Waals surface area (Å²) in [5, 5.41) is 3.69. The molecule has 0 aliphatic rings. The van der Waals surface area contributed by atoms with Crippen LogP contribution in [0.3, 0.4) is 0 Å². The number of sulfone groups is 1. The predicted octanol–water partition coefficient (Wildman–Crippen LogP) is 1.87. The molecule has 0 aromatic heterocycles. The topological polar surface area (TPSA) is 55.4 Å². The van der Waals surface area contributed by atoms with E-state index in [0.717, 1.165) is 18.7 Å². The second-order valence-corrected chi connectivity index (χ2v) is 6.69. The van der Waals surface area contributed by atoms with Crippen molar-refractivity contribution in [1.82, 2.24) is 5.32 Å². The fourth-order valence-corrected chi connectivity index (χ4v) is 1.99. The molecule has 0 aliphatic carbocycles. The summed E-state index contributed by atoms with van der Waals surface area (Å²) in [5.41, 5.74) is 1.07. The highest BCUT2D eigenvalue weighted by atomic mass is 35.5. The summed E-state index contributed by atoms with van der Waals surface area (Å²) in [7, 11) is -3.01. The van der Waals surface area contributed by atoms with Gasteiger partial charge in [-0.05, 0) is 24.2 Å². The summed E-state index contributed by atoms with van der Waals surface area (Å²) >= 11 is 6.06. The molecule has 1 aromatic carbocycles. The van der Waals surface area contributed by atoms with Gasteiger partial charge in [-0.25, -0.2) is 8.42 Å². The molecule has 0 aliphatic heterocycles. The number of rotatable bonds is 7. The van der Waals surface area contributed by atoms with Crippen molar-refractivity contribution in [2.45, 2.75) is 13.5 Å². The van der Waals surface area contributed by atoms with E-state index in [1.54, 1.807) is 6.07 Å². The smallest absolute Gasteiger partial charge is 0.150 e. The van der Waals surface area contributed by atoms with E-state index < -0.39 is 9.84 Å². The third-order valence-corrected chi connectivity index (χ3v) is 3.49. The third kappa shape index (κ3) is 5.71. The van der Waals surface area contributed by atoms with Crippen molar-refractivity contribution in [2.24, 2.45) is 0 Å². The van der Waals surface area contributed by atoms with E-state index in [2.05, 4.69) is 5.32 Å². The van der Waals surface area contributed by atoms with Crippen LogP contribution in [0.25, 0.3) is 0 Å². The molecule has 1 aromatic rings. The first-order valence-corrected chi connectivity index (χ1v) is 8.16. The van der Waals surface area contributed by atoms with Crippen LogP contribution >= 0.6 is 11.6 Å². The van der Waals surface area contributed by atoms with E-state index in [-0.39, 0.29) is 12.4 Å². The summed E-state index contributed by atoms with van der Waals surface area (Å²) in [6.07, 6.45) is 1.18. The van der Waals surface area contributed by atoms with Crippen LogP contribution in [-0.2, 0) is 16.4 Å². The largest absolute Gasteiger partial charge is 0.491 e. The van der Waals surface area contributed by atoms with Crippen LogP contribution in [0.1, 0.15) is 12.5 Å². The maximum Gasteiger partial charge on any atom is 0.150 e. The van der Waals surface area contributed by atoms with E-state index in [0.29, 0.717) is 10.8 Å². The molecule has 0 amide bonds. The van der Waals surface area contributed by atoms with Crippen molar-refractivity contribution in [3.8, 4) is 5.75 Å². The van der Waals surface area contributed by atoms with Gasteiger partial charge in [-0.1, -0.05) is 24.6 Å². The van der Waals surface area contributed by atoms with Gasteiger partial charge < -0.3 is 10.1 Å². The molecule has 0 fully saturated rings. The molecule has 0 unspecified atom stereocenters. The quantitative estimate of drug-likeness (QED) is 0.833. The Morgan fingerprint density at radius 2 is 2.11 bits per heavy atom. The van der Waals surface area contributed by atoms with Crippen molar-refractivity contribution in [2.75, 3.05) is 25.2 Å². The van der Waals surface area contributed by atoms with Gasteiger partial charge in [0.1, 0.15) is 12.4 Å². The number of ether oxygens (including phenoxy) is 1. The Kier molecular flexibility index (Phi) is 5.91. The standard InChI is InChI=1S/C12H18ClNO3S/c1-3-14-9-10-4-5-12(11(13)8-10)17-6-7-18(2,15)16/h4-5,8,14H,3,6-7,9H2,1-2H3. The monoisotopic (exact) mass is 291 g/mol. The van der Waals surface area contributed by atoms with Crippen molar-refractivity contribution < 1.29 is 13.2 Å². The first kappa shape index (κ1) is 15.3. The lowest BCUT2D eigenvalue weighted by atomic mass is 10.2. The van der Waals surface area contributed by atoms with Gasteiger partial charge in [-0.3, -0.25) is 0 Å². The van der Waals surface area contributed by atoms with Gasteiger partial charge in [0.25, 0.3) is 0 Å². The van der Waals surface area contributed by atoms with Gasteiger partial charge in [0.05, 0.1) is 10.8 Å². The molecule has 4 nitrogen and oxygen atoms in total. The van der Waals surface area contributed by atoms with Crippen LogP contribution in [-0.4, -0.2) is 33.6 Å². The molecule has 6 heteroatoms. The fourth-order valence-electron chi connectivity index (χ4n) is 1.34. The molecule has 0 atom stereocenters. The summed E-state index contributed by atoms with van der Waals surface area (Å²) in [5.74, 6) is 0.503. The predicted molar refractivity (Wildman–Crippen MR) is 74.0 cm³/mol. The normalized spacial score (nSPS) is 11.5. The van der Waals surface area contributed by atoms with Crippen molar-refractivity contribution in [3.63, 3.8) is 0 Å². The Balaban J connectivity index is 2.57. The minimum absolute atomic E-state index is 0.0114. The molecule has 0 radical (unpaired) electrons. The lowest BCUT2D eigenvalue weighted by Gasteiger charge is -2.09. The lowest BCUT2D eigenvalue weighted by Crippen LogP contribution is -2.13. The van der Waals surface area contributed by atoms with Crippen LogP contribution < -0.4 is 10.1 Å². The van der Waals surface area contributed by atoms with E-state index in [1.807, 2.05) is 19.1 Å². The van der Waals surface area contributed by atoms with Crippen LogP contribution in [0.2, 0.25) is 5.02 Å². The Morgan fingerprint density at radius 3 is 2.67 bits per heavy atom. The van der Waals surface area contributed by atoms with Crippen molar-refractivity contribution >= 4 is 21.4 Å². The second kappa shape index (κ2) is 6.97. The molecule has 0 heterocycles. The average molecular weight is 292 g/mol. The van der Waals surface area contributed by atoms with Crippen molar-refractivity contribution in [1.29, 1.82) is 0 Å². The summed E-state index contributed by atoms with van der Waals surface area (Å²) in [6.45, 7) is 3.79. The summed E-state index contributed by atoms with van der Waals surface area (Å²) < 4.78 is 27.3. The van der Waals surface area contributed by atoms with Gasteiger partial charge in [0.15, 0.2) is 9.84 Å². The Labute approximate surface area is 113 Å². The number of halogens is 1. The van der Waals surface area contributed by atoms with Gasteiger partial charge in [0, 0.05) is 12.8 Å². The minimum Gasteiger partial charge on any atom is -0.491 e. The van der Waals surface area contributed by atoms with Crippen LogP contribution in [0.4, 0.5) is 0 Å². The molecule has 1 N–H and O–H groups in total. The molecule has 18 heavy (non-hydrogen) atoms. The van der Waals surface area contributed by atoms with Crippen LogP contribution in [0.5, 0.6) is 5.75 Å². The van der Waals surface area contributed by atoms with Gasteiger partial charge in [-0.15, -0.1) is 0 Å². The van der Waals surface area contributed by atoms with E-state index in [1.165, 1.54) is 6.26 Å². The molecule has 102 valence electrons. The van der Waals surface area contributed by atoms with Crippen molar-refractivity contribution in [3.05, 3.63) is 28.8 Å². The molecular formula is C12H18ClNO3S. The minimum atomic E-state index is -3.01. The first-order chi connectivity index (χ1) is 8.42. The molecule has 1 rings (SSSR count). The Morgan fingerprint density at radius 1 is 1.39 bits per heavy atom. The zero-order chi connectivity index (χ0) is 13.6. The van der Waals surface area contributed by atoms with Crippen LogP contribution in [0, 0.1) is 0 Å². The SMILES string of the molecule is CCNCc1ccc(OCCS(C)(=O)=O)c(Cl)c1. The maximum absolute atomic E-state index is 11.0. The third-order valence-electron chi connectivity index (χ3n) is 2.29. The fraction of sp³-hybridized carbons (Fsp3) is 0.500. The summed E-state index contributed by atoms with van der Waals surface area (Å²) in [6, 6.07) is 5.49. The van der Waals surface area contributed by atoms with Gasteiger partial charge in [-0.2, -0.15) is 0 Å². The molecule has 0 saturated heterocycles. The number of hydrogen-bond donors (Lipinski definition) is 1. The molecular weight excluding hydrogens is 274 g/mol. The Hall–Kier alpha value is -0.780. The van der Waals surface area contributed by atoms with Crippen LogP contribution in [0.15, 0.2) is 18.2 Å². The average Bonchev–Trinajstić information content (AvgIpc) is 2.27. The van der Waals surface area contributed by atoms with E-state index >= 15 is 0 Å². The van der Waals surface area contributed by atoms with Gasteiger partial charge >= 0.3 is 0 Å². The molecule has 0 saturated carbocycles. The lowest BCUT2D eigenvalue weighted by molar-refractivity contribution is 0.341. The number of benzene rings is 1. The van der Waals surface area contributed by atoms with Gasteiger partial charge in [0.2, 0.25) is 0 Å². The second-order valence-electron chi connectivity index (χ2n) is 4.02. The molecule has 0 bridgehead atoms.